The predicted molar refractivity (Wildman–Crippen MR) is 100.0 cm³/mol. The molecule has 26 heavy (non-hydrogen) atoms. The molecule has 4 heteroatoms. The van der Waals surface area contributed by atoms with E-state index in [9.17, 15) is 5.11 Å². The van der Waals surface area contributed by atoms with Crippen molar-refractivity contribution < 1.29 is 19.0 Å². The van der Waals surface area contributed by atoms with Crippen LogP contribution in [0.4, 0.5) is 0 Å². The molecule has 140 valence electrons. The Hall–Kier alpha value is -1.62. The third-order valence-electron chi connectivity index (χ3n) is 6.01. The molecule has 1 N–H and O–H groups in total. The maximum atomic E-state index is 10.0. The lowest BCUT2D eigenvalue weighted by Crippen LogP contribution is -2.34. The number of rotatable bonds is 3. The second-order valence-electron chi connectivity index (χ2n) is 8.76. The summed E-state index contributed by atoms with van der Waals surface area (Å²) in [5, 5.41) is 10.0. The number of aliphatic hydroxyl groups excluding tert-OH is 1. The first-order chi connectivity index (χ1) is 12.3. The molecule has 0 atom stereocenters. The molecule has 1 aromatic heterocycles. The summed E-state index contributed by atoms with van der Waals surface area (Å²) in [6.07, 6.45) is 3.62. The van der Waals surface area contributed by atoms with E-state index in [1.54, 1.807) is 6.26 Å². The quantitative estimate of drug-likeness (QED) is 0.855. The molecule has 1 aliphatic heterocycles. The molecule has 2 aliphatic rings. The van der Waals surface area contributed by atoms with Crippen molar-refractivity contribution in [3.63, 3.8) is 0 Å². The molecule has 1 saturated heterocycles. The van der Waals surface area contributed by atoms with Gasteiger partial charge in [0.2, 0.25) is 6.29 Å². The molecule has 0 bridgehead atoms. The van der Waals surface area contributed by atoms with E-state index in [0.29, 0.717) is 19.0 Å². The molecular weight excluding hydrogens is 328 g/mol. The molecule has 1 fully saturated rings. The zero-order valence-electron chi connectivity index (χ0n) is 16.1. The van der Waals surface area contributed by atoms with Gasteiger partial charge in [0.1, 0.15) is 0 Å². The summed E-state index contributed by atoms with van der Waals surface area (Å²) < 4.78 is 16.9. The van der Waals surface area contributed by atoms with Crippen LogP contribution in [0.2, 0.25) is 0 Å². The van der Waals surface area contributed by atoms with E-state index < -0.39 is 6.29 Å². The third kappa shape index (κ3) is 2.81. The van der Waals surface area contributed by atoms with E-state index in [-0.39, 0.29) is 17.4 Å². The van der Waals surface area contributed by atoms with Gasteiger partial charge in [-0.05, 0) is 52.0 Å². The lowest BCUT2D eigenvalue weighted by Gasteiger charge is -2.43. The Bertz CT molecular complexity index is 810. The Morgan fingerprint density at radius 2 is 1.73 bits per heavy atom. The zero-order chi connectivity index (χ0) is 18.5. The molecule has 2 heterocycles. The van der Waals surface area contributed by atoms with Gasteiger partial charge in [-0.1, -0.05) is 39.8 Å². The average Bonchev–Trinajstić information content (AvgIpc) is 3.29. The molecule has 4 nitrogen and oxygen atoms in total. The van der Waals surface area contributed by atoms with Gasteiger partial charge >= 0.3 is 0 Å². The number of benzene rings is 1. The summed E-state index contributed by atoms with van der Waals surface area (Å²) in [5.41, 5.74) is 5.91. The highest BCUT2D eigenvalue weighted by Gasteiger charge is 2.39. The van der Waals surface area contributed by atoms with Crippen molar-refractivity contribution in [2.45, 2.75) is 64.3 Å². The van der Waals surface area contributed by atoms with Gasteiger partial charge in [-0.25, -0.2) is 0 Å². The highest BCUT2D eigenvalue weighted by molar-refractivity contribution is 5.75. The minimum atomic E-state index is -0.426. The lowest BCUT2D eigenvalue weighted by molar-refractivity contribution is -0.0588. The molecule has 0 radical (unpaired) electrons. The Morgan fingerprint density at radius 1 is 1.04 bits per heavy atom. The van der Waals surface area contributed by atoms with Crippen molar-refractivity contribution in [2.24, 2.45) is 0 Å². The first kappa shape index (κ1) is 17.8. The highest BCUT2D eigenvalue weighted by atomic mass is 16.7. The molecule has 0 spiro atoms. The zero-order valence-corrected chi connectivity index (χ0v) is 16.1. The Kier molecular flexibility index (Phi) is 4.25. The van der Waals surface area contributed by atoms with E-state index in [1.807, 2.05) is 6.07 Å². The summed E-state index contributed by atoms with van der Waals surface area (Å²) in [5.74, 6) is 0.687. The molecular formula is C22H28O4. The van der Waals surface area contributed by atoms with Crippen molar-refractivity contribution in [3.8, 4) is 11.1 Å². The largest absolute Gasteiger partial charge is 0.463 e. The van der Waals surface area contributed by atoms with Crippen molar-refractivity contribution in [2.75, 3.05) is 13.2 Å². The highest BCUT2D eigenvalue weighted by Crippen LogP contribution is 2.50. The van der Waals surface area contributed by atoms with Gasteiger partial charge in [-0.2, -0.15) is 0 Å². The average molecular weight is 356 g/mol. The third-order valence-corrected chi connectivity index (χ3v) is 6.01. The summed E-state index contributed by atoms with van der Waals surface area (Å²) in [4.78, 5) is 0. The van der Waals surface area contributed by atoms with Crippen LogP contribution in [0, 0.1) is 0 Å². The van der Waals surface area contributed by atoms with Crippen LogP contribution < -0.4 is 0 Å². The minimum absolute atomic E-state index is 0.00998. The smallest absolute Gasteiger partial charge is 0.217 e. The van der Waals surface area contributed by atoms with Crippen LogP contribution in [0.3, 0.4) is 0 Å². The summed E-state index contributed by atoms with van der Waals surface area (Å²) in [6.45, 7) is 10.4. The SMILES string of the molecule is CC1(C)CCC(C)(C)c2c1ccc(CO)c2-c1coc(C2OCCO2)c1. The van der Waals surface area contributed by atoms with Crippen molar-refractivity contribution in [1.82, 2.24) is 0 Å². The fourth-order valence-electron chi connectivity index (χ4n) is 4.39. The number of hydrogen-bond acceptors (Lipinski definition) is 4. The van der Waals surface area contributed by atoms with E-state index in [0.717, 1.165) is 29.5 Å². The number of ether oxygens (including phenoxy) is 2. The van der Waals surface area contributed by atoms with Gasteiger partial charge in [0.15, 0.2) is 5.76 Å². The van der Waals surface area contributed by atoms with E-state index in [4.69, 9.17) is 13.9 Å². The van der Waals surface area contributed by atoms with Crippen LogP contribution >= 0.6 is 0 Å². The number of fused-ring (bicyclic) bond motifs is 1. The first-order valence-corrected chi connectivity index (χ1v) is 9.43. The lowest BCUT2D eigenvalue weighted by atomic mass is 9.61. The molecule has 0 saturated carbocycles. The van der Waals surface area contributed by atoms with Crippen LogP contribution in [0.5, 0.6) is 0 Å². The Balaban J connectivity index is 1.90. The van der Waals surface area contributed by atoms with E-state index in [1.165, 1.54) is 11.1 Å². The van der Waals surface area contributed by atoms with Gasteiger partial charge in [0, 0.05) is 5.56 Å². The van der Waals surface area contributed by atoms with Crippen LogP contribution in [-0.4, -0.2) is 18.3 Å². The number of hydrogen-bond donors (Lipinski definition) is 1. The van der Waals surface area contributed by atoms with E-state index in [2.05, 4.69) is 39.8 Å². The first-order valence-electron chi connectivity index (χ1n) is 9.43. The van der Waals surface area contributed by atoms with Crippen molar-refractivity contribution in [3.05, 3.63) is 46.9 Å². The fourth-order valence-corrected chi connectivity index (χ4v) is 4.39. The topological polar surface area (TPSA) is 51.8 Å². The summed E-state index contributed by atoms with van der Waals surface area (Å²) in [6, 6.07) is 6.27. The second-order valence-corrected chi connectivity index (χ2v) is 8.76. The van der Waals surface area contributed by atoms with Crippen LogP contribution in [0.25, 0.3) is 11.1 Å². The summed E-state index contributed by atoms with van der Waals surface area (Å²) >= 11 is 0. The van der Waals surface area contributed by atoms with Gasteiger partial charge < -0.3 is 19.0 Å². The van der Waals surface area contributed by atoms with Gasteiger partial charge in [0.05, 0.1) is 26.1 Å². The van der Waals surface area contributed by atoms with Gasteiger partial charge in [0.25, 0.3) is 0 Å². The second kappa shape index (κ2) is 6.22. The van der Waals surface area contributed by atoms with Crippen LogP contribution in [0.1, 0.15) is 69.3 Å². The Labute approximate surface area is 155 Å². The predicted octanol–water partition coefficient (Wildman–Crippen LogP) is 4.83. The van der Waals surface area contributed by atoms with E-state index >= 15 is 0 Å². The molecule has 0 unspecified atom stereocenters. The summed E-state index contributed by atoms with van der Waals surface area (Å²) in [7, 11) is 0. The molecule has 1 aromatic carbocycles. The van der Waals surface area contributed by atoms with Crippen molar-refractivity contribution >= 4 is 0 Å². The molecule has 1 aliphatic carbocycles. The fraction of sp³-hybridized carbons (Fsp3) is 0.545. The monoisotopic (exact) mass is 356 g/mol. The molecule has 4 rings (SSSR count). The molecule has 0 amide bonds. The maximum absolute atomic E-state index is 10.0. The Morgan fingerprint density at radius 3 is 2.42 bits per heavy atom. The normalized spacial score (nSPS) is 21.7. The number of aliphatic hydroxyl groups is 1. The van der Waals surface area contributed by atoms with Crippen LogP contribution in [0.15, 0.2) is 28.9 Å². The van der Waals surface area contributed by atoms with Gasteiger partial charge in [-0.15, -0.1) is 0 Å². The molecule has 2 aromatic rings. The van der Waals surface area contributed by atoms with Crippen molar-refractivity contribution in [1.29, 1.82) is 0 Å². The maximum Gasteiger partial charge on any atom is 0.217 e. The minimum Gasteiger partial charge on any atom is -0.463 e. The standard InChI is InChI=1S/C22H28O4/c1-21(2)7-8-22(3,4)19-16(21)6-5-14(12-23)18(19)15-11-17(26-13-15)20-24-9-10-25-20/h5-6,11,13,20,23H,7-10,12H2,1-4H3. The van der Waals surface area contributed by atoms with Gasteiger partial charge in [-0.3, -0.25) is 0 Å². The van der Waals surface area contributed by atoms with Crippen LogP contribution in [-0.2, 0) is 26.9 Å². The number of furan rings is 1.